The molecule has 3 rings (SSSR count). The third-order valence-corrected chi connectivity index (χ3v) is 3.42. The zero-order chi connectivity index (χ0) is 13.9. The fraction of sp³-hybridized carbons (Fsp3) is 0.118. The Morgan fingerprint density at radius 2 is 1.85 bits per heavy atom. The summed E-state index contributed by atoms with van der Waals surface area (Å²) < 4.78 is 15.6. The number of phenolic OH excluding ortho intramolecular Hbond substituents is 1. The van der Waals surface area contributed by atoms with Crippen LogP contribution in [-0.2, 0) is 13.0 Å². The summed E-state index contributed by atoms with van der Waals surface area (Å²) >= 11 is 0. The SMILES string of the molecule is Oc1ccc2cc[n+](CCc3ccccc3F)cc2c1. The van der Waals surface area contributed by atoms with Crippen molar-refractivity contribution in [2.45, 2.75) is 13.0 Å². The normalized spacial score (nSPS) is 10.8. The Kier molecular flexibility index (Phi) is 3.33. The topological polar surface area (TPSA) is 24.1 Å². The summed E-state index contributed by atoms with van der Waals surface area (Å²) in [5.74, 6) is 0.0934. The van der Waals surface area contributed by atoms with Crippen molar-refractivity contribution in [2.75, 3.05) is 0 Å². The number of aromatic nitrogens is 1. The van der Waals surface area contributed by atoms with E-state index in [1.54, 1.807) is 18.2 Å². The molecule has 1 aromatic heterocycles. The Bertz CT molecular complexity index is 755. The quantitative estimate of drug-likeness (QED) is 0.725. The van der Waals surface area contributed by atoms with Gasteiger partial charge in [0, 0.05) is 17.9 Å². The predicted molar refractivity (Wildman–Crippen MR) is 75.9 cm³/mol. The molecule has 0 aliphatic heterocycles. The molecule has 0 aliphatic carbocycles. The molecule has 1 heterocycles. The number of aromatic hydroxyl groups is 1. The lowest BCUT2D eigenvalue weighted by molar-refractivity contribution is -0.695. The highest BCUT2D eigenvalue weighted by molar-refractivity contribution is 5.81. The first kappa shape index (κ1) is 12.6. The van der Waals surface area contributed by atoms with Gasteiger partial charge in [-0.3, -0.25) is 0 Å². The van der Waals surface area contributed by atoms with Gasteiger partial charge in [-0.25, -0.2) is 8.96 Å². The van der Waals surface area contributed by atoms with Gasteiger partial charge in [0.1, 0.15) is 11.6 Å². The molecule has 100 valence electrons. The average Bonchev–Trinajstić information content (AvgIpc) is 2.46. The predicted octanol–water partition coefficient (Wildman–Crippen LogP) is 3.21. The molecule has 0 saturated carbocycles. The Hall–Kier alpha value is -2.42. The lowest BCUT2D eigenvalue weighted by atomic mass is 10.1. The summed E-state index contributed by atoms with van der Waals surface area (Å²) in [5, 5.41) is 11.6. The molecule has 0 spiro atoms. The monoisotopic (exact) mass is 268 g/mol. The second-order valence-electron chi connectivity index (χ2n) is 4.84. The van der Waals surface area contributed by atoms with Crippen LogP contribution in [0, 0.1) is 5.82 Å². The van der Waals surface area contributed by atoms with E-state index in [4.69, 9.17) is 0 Å². The number of nitrogens with zero attached hydrogens (tertiary/aromatic N) is 1. The van der Waals surface area contributed by atoms with Crippen LogP contribution >= 0.6 is 0 Å². The number of pyridine rings is 1. The van der Waals surface area contributed by atoms with Crippen molar-refractivity contribution in [3.63, 3.8) is 0 Å². The van der Waals surface area contributed by atoms with E-state index in [1.165, 1.54) is 6.07 Å². The molecule has 3 aromatic rings. The van der Waals surface area contributed by atoms with Gasteiger partial charge in [0.2, 0.25) is 0 Å². The second-order valence-corrected chi connectivity index (χ2v) is 4.84. The first-order valence-electron chi connectivity index (χ1n) is 6.57. The van der Waals surface area contributed by atoms with Crippen molar-refractivity contribution in [1.82, 2.24) is 0 Å². The lowest BCUT2D eigenvalue weighted by Crippen LogP contribution is -2.33. The first-order chi connectivity index (χ1) is 9.72. The largest absolute Gasteiger partial charge is 0.508 e. The highest BCUT2D eigenvalue weighted by Gasteiger charge is 2.07. The number of halogens is 1. The minimum atomic E-state index is -0.161. The number of hydrogen-bond donors (Lipinski definition) is 1. The Morgan fingerprint density at radius 1 is 1.00 bits per heavy atom. The van der Waals surface area contributed by atoms with Crippen LogP contribution in [0.1, 0.15) is 5.56 Å². The van der Waals surface area contributed by atoms with E-state index in [1.807, 2.05) is 41.2 Å². The Balaban J connectivity index is 1.83. The van der Waals surface area contributed by atoms with E-state index >= 15 is 0 Å². The molecule has 0 bridgehead atoms. The molecule has 0 radical (unpaired) electrons. The number of fused-ring (bicyclic) bond motifs is 1. The minimum absolute atomic E-state index is 0.161. The van der Waals surface area contributed by atoms with E-state index in [0.717, 1.165) is 16.3 Å². The van der Waals surface area contributed by atoms with Gasteiger partial charge >= 0.3 is 0 Å². The minimum Gasteiger partial charge on any atom is -0.508 e. The van der Waals surface area contributed by atoms with Crippen LogP contribution in [-0.4, -0.2) is 5.11 Å². The van der Waals surface area contributed by atoms with Gasteiger partial charge in [-0.1, -0.05) is 24.3 Å². The molecule has 0 atom stereocenters. The number of hydrogen-bond acceptors (Lipinski definition) is 1. The number of rotatable bonds is 3. The van der Waals surface area contributed by atoms with Gasteiger partial charge < -0.3 is 5.11 Å². The fourth-order valence-electron chi connectivity index (χ4n) is 2.31. The zero-order valence-corrected chi connectivity index (χ0v) is 11.0. The molecule has 0 amide bonds. The van der Waals surface area contributed by atoms with Crippen LogP contribution in [0.15, 0.2) is 60.9 Å². The number of phenols is 1. The van der Waals surface area contributed by atoms with Gasteiger partial charge in [0.05, 0.1) is 0 Å². The van der Waals surface area contributed by atoms with Gasteiger partial charge in [0.25, 0.3) is 0 Å². The molecule has 0 fully saturated rings. The van der Waals surface area contributed by atoms with Crippen LogP contribution in [0.2, 0.25) is 0 Å². The maximum absolute atomic E-state index is 13.6. The molecule has 0 unspecified atom stereocenters. The van der Waals surface area contributed by atoms with Gasteiger partial charge in [0.15, 0.2) is 18.9 Å². The van der Waals surface area contributed by atoms with Crippen molar-refractivity contribution < 1.29 is 14.1 Å². The standard InChI is InChI=1S/C17H14FNO/c18-17-4-2-1-3-14(17)8-10-19-9-7-13-5-6-16(20)11-15(13)12-19/h1-7,9,11-12H,8,10H2/p+1. The third kappa shape index (κ3) is 2.62. The summed E-state index contributed by atoms with van der Waals surface area (Å²) in [4.78, 5) is 0. The molecule has 1 N–H and O–H groups in total. The fourth-order valence-corrected chi connectivity index (χ4v) is 2.31. The Morgan fingerprint density at radius 3 is 2.70 bits per heavy atom. The average molecular weight is 268 g/mol. The molecule has 0 saturated heterocycles. The zero-order valence-electron chi connectivity index (χ0n) is 11.0. The number of aryl methyl sites for hydroxylation is 2. The van der Waals surface area contributed by atoms with Crippen molar-refractivity contribution >= 4 is 10.8 Å². The maximum Gasteiger partial charge on any atom is 0.176 e. The van der Waals surface area contributed by atoms with Gasteiger partial charge in [-0.2, -0.15) is 0 Å². The van der Waals surface area contributed by atoms with Crippen molar-refractivity contribution in [3.8, 4) is 5.75 Å². The third-order valence-electron chi connectivity index (χ3n) is 3.42. The van der Waals surface area contributed by atoms with Gasteiger partial charge in [-0.05, 0) is 29.1 Å². The van der Waals surface area contributed by atoms with Crippen LogP contribution in [0.3, 0.4) is 0 Å². The smallest absolute Gasteiger partial charge is 0.176 e. The number of benzene rings is 2. The second kappa shape index (κ2) is 5.29. The van der Waals surface area contributed by atoms with E-state index < -0.39 is 0 Å². The summed E-state index contributed by atoms with van der Waals surface area (Å²) in [6, 6.07) is 14.1. The summed E-state index contributed by atoms with van der Waals surface area (Å²) in [5.41, 5.74) is 0.719. The molecular weight excluding hydrogens is 253 g/mol. The maximum atomic E-state index is 13.6. The summed E-state index contributed by atoms with van der Waals surface area (Å²) in [6.45, 7) is 0.701. The summed E-state index contributed by atoms with van der Waals surface area (Å²) in [6.07, 6.45) is 4.58. The van der Waals surface area contributed by atoms with Crippen LogP contribution in [0.5, 0.6) is 5.75 Å². The molecule has 3 heteroatoms. The highest BCUT2D eigenvalue weighted by Crippen LogP contribution is 2.17. The highest BCUT2D eigenvalue weighted by atomic mass is 19.1. The van der Waals surface area contributed by atoms with E-state index in [0.29, 0.717) is 13.0 Å². The molecule has 2 nitrogen and oxygen atoms in total. The van der Waals surface area contributed by atoms with Crippen molar-refractivity contribution in [1.29, 1.82) is 0 Å². The van der Waals surface area contributed by atoms with Crippen LogP contribution in [0.4, 0.5) is 4.39 Å². The van der Waals surface area contributed by atoms with E-state index in [9.17, 15) is 9.50 Å². The molecule has 20 heavy (non-hydrogen) atoms. The summed E-state index contributed by atoms with van der Waals surface area (Å²) in [7, 11) is 0. The molecule has 2 aromatic carbocycles. The van der Waals surface area contributed by atoms with Crippen LogP contribution < -0.4 is 4.57 Å². The van der Waals surface area contributed by atoms with E-state index in [-0.39, 0.29) is 11.6 Å². The van der Waals surface area contributed by atoms with Crippen molar-refractivity contribution in [3.05, 3.63) is 72.3 Å². The Labute approximate surface area is 116 Å². The first-order valence-corrected chi connectivity index (χ1v) is 6.57. The lowest BCUT2D eigenvalue weighted by Gasteiger charge is -2.02. The van der Waals surface area contributed by atoms with E-state index in [2.05, 4.69) is 0 Å². The van der Waals surface area contributed by atoms with Crippen molar-refractivity contribution in [2.24, 2.45) is 0 Å². The molecular formula is C17H15FNO+. The van der Waals surface area contributed by atoms with Crippen LogP contribution in [0.25, 0.3) is 10.8 Å². The van der Waals surface area contributed by atoms with Gasteiger partial charge in [-0.15, -0.1) is 0 Å². The molecule has 0 aliphatic rings.